The van der Waals surface area contributed by atoms with Crippen molar-refractivity contribution in [2.75, 3.05) is 6.54 Å². The van der Waals surface area contributed by atoms with Crippen molar-refractivity contribution in [1.82, 2.24) is 5.32 Å². The zero-order valence-corrected chi connectivity index (χ0v) is 7.12. The summed E-state index contributed by atoms with van der Waals surface area (Å²) in [6.07, 6.45) is 0.665. The number of aldehydes is 1. The van der Waals surface area contributed by atoms with Gasteiger partial charge < -0.3 is 5.32 Å². The summed E-state index contributed by atoms with van der Waals surface area (Å²) in [6.45, 7) is 3.80. The summed E-state index contributed by atoms with van der Waals surface area (Å²) >= 11 is 0. The van der Waals surface area contributed by atoms with E-state index in [0.717, 1.165) is 0 Å². The topological polar surface area (TPSA) is 46.2 Å². The number of carbonyl (C=O) groups is 2. The van der Waals surface area contributed by atoms with Crippen LogP contribution in [0.25, 0.3) is 0 Å². The predicted octanol–water partition coefficient (Wildman–Crippen LogP) is 1.06. The lowest BCUT2D eigenvalue weighted by molar-refractivity contribution is 0.0952. The molecule has 3 heteroatoms. The molecule has 0 atom stereocenters. The van der Waals surface area contributed by atoms with E-state index in [-0.39, 0.29) is 5.91 Å². The van der Waals surface area contributed by atoms with Crippen LogP contribution >= 0.6 is 0 Å². The zero-order chi connectivity index (χ0) is 9.68. The molecule has 1 aromatic rings. The van der Waals surface area contributed by atoms with Crippen molar-refractivity contribution in [2.45, 2.75) is 0 Å². The third-order valence-corrected chi connectivity index (χ3v) is 1.62. The average Bonchev–Trinajstić information content (AvgIpc) is 2.18. The fourth-order valence-corrected chi connectivity index (χ4v) is 1.02. The summed E-state index contributed by atoms with van der Waals surface area (Å²) in [7, 11) is 0. The molecule has 0 aliphatic carbocycles. The molecule has 0 heterocycles. The van der Waals surface area contributed by atoms with Gasteiger partial charge in [0.15, 0.2) is 6.29 Å². The molecule has 1 radical (unpaired) electrons. The number of hydrogen-bond acceptors (Lipinski definition) is 2. The van der Waals surface area contributed by atoms with Gasteiger partial charge in [0, 0.05) is 17.7 Å². The van der Waals surface area contributed by atoms with Gasteiger partial charge >= 0.3 is 0 Å². The Morgan fingerprint density at radius 3 is 2.77 bits per heavy atom. The Morgan fingerprint density at radius 1 is 1.46 bits per heavy atom. The first kappa shape index (κ1) is 9.45. The van der Waals surface area contributed by atoms with Gasteiger partial charge in [0.05, 0.1) is 0 Å². The number of benzene rings is 1. The zero-order valence-electron chi connectivity index (χ0n) is 7.12. The van der Waals surface area contributed by atoms with Gasteiger partial charge in [-0.25, -0.2) is 0 Å². The second kappa shape index (κ2) is 4.40. The van der Waals surface area contributed by atoms with E-state index in [1.807, 2.05) is 0 Å². The SMILES string of the molecule is [CH2]CNC(=O)c1ccccc1C=O. The molecule has 1 N–H and O–H groups in total. The summed E-state index contributed by atoms with van der Waals surface area (Å²) in [5.74, 6) is -0.266. The molecule has 67 valence electrons. The summed E-state index contributed by atoms with van der Waals surface area (Å²) < 4.78 is 0. The molecule has 0 spiro atoms. The van der Waals surface area contributed by atoms with Gasteiger partial charge in [-0.2, -0.15) is 0 Å². The molecular weight excluding hydrogens is 166 g/mol. The van der Waals surface area contributed by atoms with Gasteiger partial charge in [-0.1, -0.05) is 18.2 Å². The summed E-state index contributed by atoms with van der Waals surface area (Å²) in [6, 6.07) is 6.63. The smallest absolute Gasteiger partial charge is 0.252 e. The molecule has 1 amide bonds. The minimum Gasteiger partial charge on any atom is -0.352 e. The van der Waals surface area contributed by atoms with Gasteiger partial charge in [-0.3, -0.25) is 9.59 Å². The van der Waals surface area contributed by atoms with Crippen molar-refractivity contribution >= 4 is 12.2 Å². The molecule has 0 bridgehead atoms. The van der Waals surface area contributed by atoms with Crippen LogP contribution in [0, 0.1) is 6.92 Å². The molecule has 1 aromatic carbocycles. The normalized spacial score (nSPS) is 9.31. The second-order valence-electron chi connectivity index (χ2n) is 2.46. The lowest BCUT2D eigenvalue weighted by Crippen LogP contribution is -2.23. The van der Waals surface area contributed by atoms with E-state index in [4.69, 9.17) is 0 Å². The van der Waals surface area contributed by atoms with Crippen LogP contribution < -0.4 is 5.32 Å². The van der Waals surface area contributed by atoms with Crippen molar-refractivity contribution in [2.24, 2.45) is 0 Å². The highest BCUT2D eigenvalue weighted by Crippen LogP contribution is 2.05. The van der Waals surface area contributed by atoms with Crippen LogP contribution in [0.3, 0.4) is 0 Å². The fraction of sp³-hybridized carbons (Fsp3) is 0.100. The Bertz CT molecular complexity index is 320. The Balaban J connectivity index is 2.98. The summed E-state index contributed by atoms with van der Waals surface area (Å²) in [5.41, 5.74) is 0.787. The van der Waals surface area contributed by atoms with Gasteiger partial charge in [0.1, 0.15) is 0 Å². The third-order valence-electron chi connectivity index (χ3n) is 1.62. The molecular formula is C10H10NO2. The van der Waals surface area contributed by atoms with Crippen LogP contribution in [0.5, 0.6) is 0 Å². The standard InChI is InChI=1S/C10H10NO2/c1-2-11-10(13)9-6-4-3-5-8(9)7-12/h3-7H,1-2H2,(H,11,13). The Labute approximate surface area is 76.8 Å². The Hall–Kier alpha value is -1.64. The van der Waals surface area contributed by atoms with Crippen LogP contribution in [-0.2, 0) is 0 Å². The molecule has 0 unspecified atom stereocenters. The number of hydrogen-bond donors (Lipinski definition) is 1. The van der Waals surface area contributed by atoms with Crippen LogP contribution in [-0.4, -0.2) is 18.7 Å². The average molecular weight is 176 g/mol. The molecule has 0 fully saturated rings. The van der Waals surface area contributed by atoms with Crippen molar-refractivity contribution in [1.29, 1.82) is 0 Å². The van der Waals surface area contributed by atoms with Gasteiger partial charge in [0.2, 0.25) is 0 Å². The maximum absolute atomic E-state index is 11.3. The van der Waals surface area contributed by atoms with Gasteiger partial charge in [-0.05, 0) is 13.0 Å². The minimum absolute atomic E-state index is 0.266. The maximum Gasteiger partial charge on any atom is 0.252 e. The van der Waals surface area contributed by atoms with Gasteiger partial charge in [0.25, 0.3) is 5.91 Å². The molecule has 0 aromatic heterocycles. The molecule has 3 nitrogen and oxygen atoms in total. The minimum atomic E-state index is -0.266. The first-order valence-corrected chi connectivity index (χ1v) is 3.91. The first-order valence-electron chi connectivity index (χ1n) is 3.91. The van der Waals surface area contributed by atoms with Crippen LogP contribution in [0.4, 0.5) is 0 Å². The number of nitrogens with one attached hydrogen (secondary N) is 1. The molecule has 0 saturated carbocycles. The summed E-state index contributed by atoms with van der Waals surface area (Å²) in [5, 5.41) is 2.53. The van der Waals surface area contributed by atoms with E-state index >= 15 is 0 Å². The number of rotatable bonds is 3. The summed E-state index contributed by atoms with van der Waals surface area (Å²) in [4.78, 5) is 21.9. The van der Waals surface area contributed by atoms with E-state index in [1.54, 1.807) is 24.3 Å². The lowest BCUT2D eigenvalue weighted by Gasteiger charge is -2.03. The van der Waals surface area contributed by atoms with E-state index in [1.165, 1.54) is 0 Å². The monoisotopic (exact) mass is 176 g/mol. The van der Waals surface area contributed by atoms with Crippen LogP contribution in [0.15, 0.2) is 24.3 Å². The first-order chi connectivity index (χ1) is 6.29. The Kier molecular flexibility index (Phi) is 3.20. The molecule has 0 aliphatic rings. The highest BCUT2D eigenvalue weighted by atomic mass is 16.1. The predicted molar refractivity (Wildman–Crippen MR) is 49.5 cm³/mol. The lowest BCUT2D eigenvalue weighted by atomic mass is 10.1. The fourth-order valence-electron chi connectivity index (χ4n) is 1.02. The number of carbonyl (C=O) groups excluding carboxylic acids is 2. The van der Waals surface area contributed by atoms with Crippen molar-refractivity contribution in [3.63, 3.8) is 0 Å². The maximum atomic E-state index is 11.3. The van der Waals surface area contributed by atoms with Crippen molar-refractivity contribution in [3.8, 4) is 0 Å². The molecule has 0 saturated heterocycles. The number of amides is 1. The molecule has 1 rings (SSSR count). The van der Waals surface area contributed by atoms with Crippen molar-refractivity contribution < 1.29 is 9.59 Å². The van der Waals surface area contributed by atoms with Crippen LogP contribution in [0.2, 0.25) is 0 Å². The second-order valence-corrected chi connectivity index (χ2v) is 2.46. The van der Waals surface area contributed by atoms with Crippen molar-refractivity contribution in [3.05, 3.63) is 42.3 Å². The quantitative estimate of drug-likeness (QED) is 0.700. The van der Waals surface area contributed by atoms with E-state index in [2.05, 4.69) is 12.2 Å². The largest absolute Gasteiger partial charge is 0.352 e. The highest BCUT2D eigenvalue weighted by molar-refractivity contribution is 6.01. The highest BCUT2D eigenvalue weighted by Gasteiger charge is 2.07. The van der Waals surface area contributed by atoms with E-state index < -0.39 is 0 Å². The Morgan fingerprint density at radius 2 is 2.15 bits per heavy atom. The van der Waals surface area contributed by atoms with E-state index in [0.29, 0.717) is 24.0 Å². The van der Waals surface area contributed by atoms with Crippen LogP contribution in [0.1, 0.15) is 20.7 Å². The molecule has 13 heavy (non-hydrogen) atoms. The molecule has 0 aliphatic heterocycles. The van der Waals surface area contributed by atoms with Gasteiger partial charge in [-0.15, -0.1) is 0 Å². The third kappa shape index (κ3) is 2.15. The van der Waals surface area contributed by atoms with E-state index in [9.17, 15) is 9.59 Å².